The first-order valence-electron chi connectivity index (χ1n) is 5.84. The first-order valence-corrected chi connectivity index (χ1v) is 5.84. The van der Waals surface area contributed by atoms with Crippen molar-refractivity contribution in [3.05, 3.63) is 34.9 Å². The van der Waals surface area contributed by atoms with E-state index in [0.717, 1.165) is 5.56 Å². The summed E-state index contributed by atoms with van der Waals surface area (Å²) in [6.07, 6.45) is 11.9. The maximum atomic E-state index is 5.39. The molecule has 0 atom stereocenters. The molecule has 0 nitrogen and oxygen atoms in total. The highest BCUT2D eigenvalue weighted by Crippen LogP contribution is 2.13. The molecule has 0 aliphatic heterocycles. The maximum absolute atomic E-state index is 5.39. The quantitative estimate of drug-likeness (QED) is 0.496. The molecule has 0 heteroatoms. The first-order chi connectivity index (χ1) is 7.27. The molecule has 0 fully saturated rings. The van der Waals surface area contributed by atoms with Gasteiger partial charge in [0.15, 0.2) is 0 Å². The maximum Gasteiger partial charge on any atom is 0.0271 e. The summed E-state index contributed by atoms with van der Waals surface area (Å²) in [6.45, 7) is 4.33. The van der Waals surface area contributed by atoms with Crippen LogP contribution in [-0.4, -0.2) is 0 Å². The predicted molar refractivity (Wildman–Crippen MR) is 67.0 cm³/mol. The van der Waals surface area contributed by atoms with E-state index in [0.29, 0.717) is 0 Å². The van der Waals surface area contributed by atoms with Crippen LogP contribution >= 0.6 is 0 Å². The van der Waals surface area contributed by atoms with E-state index in [1.54, 1.807) is 0 Å². The smallest absolute Gasteiger partial charge is 0.0271 e. The van der Waals surface area contributed by atoms with Gasteiger partial charge in [-0.2, -0.15) is 0 Å². The third-order valence-corrected chi connectivity index (χ3v) is 2.77. The summed E-state index contributed by atoms with van der Waals surface area (Å²) < 4.78 is 0. The molecule has 0 saturated carbocycles. The van der Waals surface area contributed by atoms with Gasteiger partial charge in [0, 0.05) is 5.56 Å². The molecule has 0 aromatic heterocycles. The minimum atomic E-state index is 1.02. The molecule has 0 spiro atoms. The summed E-state index contributed by atoms with van der Waals surface area (Å²) in [6, 6.07) is 6.44. The van der Waals surface area contributed by atoms with Crippen molar-refractivity contribution < 1.29 is 0 Å². The summed E-state index contributed by atoms with van der Waals surface area (Å²) in [5, 5.41) is 0. The standard InChI is InChI=1S/C15H20/c1-4-6-7-8-9-14-10-11-15(5-2)13(3)12-14/h2,10-12H,4,6-9H2,1,3H3. The molecule has 15 heavy (non-hydrogen) atoms. The van der Waals surface area contributed by atoms with Gasteiger partial charge in [0.1, 0.15) is 0 Å². The Bertz CT molecular complexity index is 342. The van der Waals surface area contributed by atoms with Gasteiger partial charge in [-0.05, 0) is 37.0 Å². The second-order valence-corrected chi connectivity index (χ2v) is 4.10. The largest absolute Gasteiger partial charge is 0.115 e. The fourth-order valence-electron chi connectivity index (χ4n) is 1.80. The van der Waals surface area contributed by atoms with Crippen LogP contribution in [0.2, 0.25) is 0 Å². The summed E-state index contributed by atoms with van der Waals surface area (Å²) in [5.74, 6) is 2.70. The Morgan fingerprint density at radius 3 is 2.60 bits per heavy atom. The van der Waals surface area contributed by atoms with Crippen LogP contribution < -0.4 is 0 Å². The van der Waals surface area contributed by atoms with Crippen molar-refractivity contribution in [3.8, 4) is 12.3 Å². The Morgan fingerprint density at radius 2 is 2.00 bits per heavy atom. The normalized spacial score (nSPS) is 9.93. The van der Waals surface area contributed by atoms with Crippen molar-refractivity contribution in [3.63, 3.8) is 0 Å². The molecule has 1 aromatic rings. The molecule has 0 unspecified atom stereocenters. The lowest BCUT2D eigenvalue weighted by Gasteiger charge is -2.04. The molecular weight excluding hydrogens is 180 g/mol. The van der Waals surface area contributed by atoms with Crippen molar-refractivity contribution in [2.75, 3.05) is 0 Å². The average Bonchev–Trinajstić information content (AvgIpc) is 2.25. The molecule has 1 aromatic carbocycles. The summed E-state index contributed by atoms with van der Waals surface area (Å²) in [4.78, 5) is 0. The van der Waals surface area contributed by atoms with E-state index in [2.05, 4.69) is 38.0 Å². The fraction of sp³-hybridized carbons (Fsp3) is 0.467. The topological polar surface area (TPSA) is 0 Å². The number of terminal acetylenes is 1. The van der Waals surface area contributed by atoms with E-state index in [9.17, 15) is 0 Å². The highest BCUT2D eigenvalue weighted by molar-refractivity contribution is 5.41. The van der Waals surface area contributed by atoms with Crippen LogP contribution in [0.5, 0.6) is 0 Å². The molecular formula is C15H20. The monoisotopic (exact) mass is 200 g/mol. The molecule has 1 rings (SSSR count). The lowest BCUT2D eigenvalue weighted by Crippen LogP contribution is -1.89. The number of aryl methyl sites for hydroxylation is 2. The molecule has 80 valence electrons. The minimum absolute atomic E-state index is 1.02. The van der Waals surface area contributed by atoms with Crippen LogP contribution in [0.15, 0.2) is 18.2 Å². The van der Waals surface area contributed by atoms with Gasteiger partial charge in [-0.25, -0.2) is 0 Å². The Hall–Kier alpha value is -1.22. The van der Waals surface area contributed by atoms with Crippen molar-refractivity contribution in [2.24, 2.45) is 0 Å². The average molecular weight is 200 g/mol. The van der Waals surface area contributed by atoms with E-state index in [-0.39, 0.29) is 0 Å². The Balaban J connectivity index is 2.49. The van der Waals surface area contributed by atoms with Crippen molar-refractivity contribution in [1.82, 2.24) is 0 Å². The van der Waals surface area contributed by atoms with Crippen LogP contribution in [0.25, 0.3) is 0 Å². The SMILES string of the molecule is C#Cc1ccc(CCCCCC)cc1C. The number of rotatable bonds is 5. The van der Waals surface area contributed by atoms with E-state index < -0.39 is 0 Å². The van der Waals surface area contributed by atoms with Crippen molar-refractivity contribution in [2.45, 2.75) is 46.0 Å². The molecule has 0 amide bonds. The van der Waals surface area contributed by atoms with Gasteiger partial charge in [-0.3, -0.25) is 0 Å². The predicted octanol–water partition coefficient (Wildman–Crippen LogP) is 4.10. The van der Waals surface area contributed by atoms with Crippen molar-refractivity contribution >= 4 is 0 Å². The zero-order chi connectivity index (χ0) is 11.1. The Kier molecular flexibility index (Phi) is 4.98. The minimum Gasteiger partial charge on any atom is -0.115 e. The highest BCUT2D eigenvalue weighted by Gasteiger charge is 1.97. The van der Waals surface area contributed by atoms with Crippen molar-refractivity contribution in [1.29, 1.82) is 0 Å². The van der Waals surface area contributed by atoms with Gasteiger partial charge >= 0.3 is 0 Å². The second-order valence-electron chi connectivity index (χ2n) is 4.10. The third kappa shape index (κ3) is 3.80. The van der Waals surface area contributed by atoms with Gasteiger partial charge in [0.2, 0.25) is 0 Å². The number of benzene rings is 1. The summed E-state index contributed by atoms with van der Waals surface area (Å²) in [7, 11) is 0. The van der Waals surface area contributed by atoms with Crippen LogP contribution in [0, 0.1) is 19.3 Å². The van der Waals surface area contributed by atoms with Crippen LogP contribution in [-0.2, 0) is 6.42 Å². The number of hydrogen-bond donors (Lipinski definition) is 0. The molecule has 0 bridgehead atoms. The molecule has 0 N–H and O–H groups in total. The highest BCUT2D eigenvalue weighted by atomic mass is 14.0. The molecule has 0 radical (unpaired) electrons. The summed E-state index contributed by atoms with van der Waals surface area (Å²) in [5.41, 5.74) is 3.67. The number of unbranched alkanes of at least 4 members (excludes halogenated alkanes) is 3. The fourth-order valence-corrected chi connectivity index (χ4v) is 1.80. The lowest BCUT2D eigenvalue weighted by molar-refractivity contribution is 0.666. The molecule has 0 aliphatic carbocycles. The second kappa shape index (κ2) is 6.30. The van der Waals surface area contributed by atoms with E-state index in [1.807, 2.05) is 0 Å². The Morgan fingerprint density at radius 1 is 1.20 bits per heavy atom. The van der Waals surface area contributed by atoms with Crippen LogP contribution in [0.3, 0.4) is 0 Å². The van der Waals surface area contributed by atoms with E-state index in [1.165, 1.54) is 43.2 Å². The zero-order valence-electron chi connectivity index (χ0n) is 9.84. The third-order valence-electron chi connectivity index (χ3n) is 2.77. The molecule has 0 aliphatic rings. The van der Waals surface area contributed by atoms with Crippen LogP contribution in [0.4, 0.5) is 0 Å². The molecule has 0 saturated heterocycles. The number of hydrogen-bond acceptors (Lipinski definition) is 0. The van der Waals surface area contributed by atoms with Crippen LogP contribution in [0.1, 0.15) is 49.3 Å². The Labute approximate surface area is 93.7 Å². The van der Waals surface area contributed by atoms with Gasteiger partial charge in [0.05, 0.1) is 0 Å². The summed E-state index contributed by atoms with van der Waals surface area (Å²) >= 11 is 0. The van der Waals surface area contributed by atoms with Gasteiger partial charge in [-0.1, -0.05) is 44.2 Å². The first kappa shape index (κ1) is 11.9. The van der Waals surface area contributed by atoms with E-state index in [4.69, 9.17) is 6.42 Å². The van der Waals surface area contributed by atoms with Gasteiger partial charge in [-0.15, -0.1) is 6.42 Å². The van der Waals surface area contributed by atoms with Gasteiger partial charge in [0.25, 0.3) is 0 Å². The van der Waals surface area contributed by atoms with Gasteiger partial charge < -0.3 is 0 Å². The lowest BCUT2D eigenvalue weighted by atomic mass is 10.0. The van der Waals surface area contributed by atoms with E-state index >= 15 is 0 Å². The zero-order valence-corrected chi connectivity index (χ0v) is 9.84. The molecule has 0 heterocycles.